The van der Waals surface area contributed by atoms with Crippen molar-refractivity contribution in [2.45, 2.75) is 26.4 Å². The monoisotopic (exact) mass is 140 g/mol. The number of rotatable bonds is 3. The minimum Gasteiger partial charge on any atom is -0.305 e. The molecule has 0 aromatic rings. The van der Waals surface area contributed by atoms with Crippen LogP contribution in [0.15, 0.2) is 0 Å². The second-order valence-electron chi connectivity index (χ2n) is 1.57. The molecule has 0 spiro atoms. The van der Waals surface area contributed by atoms with E-state index < -0.39 is 8.34 Å². The minimum atomic E-state index is -3.20. The molecule has 8 heavy (non-hydrogen) atoms. The first-order chi connectivity index (χ1) is 3.66. The van der Waals surface area contributed by atoms with Crippen LogP contribution in [0.25, 0.3) is 0 Å². The SMILES string of the molecule is CCC(C)O[PH](=O)F. The van der Waals surface area contributed by atoms with Crippen molar-refractivity contribution in [1.29, 1.82) is 0 Å². The molecule has 0 heterocycles. The van der Waals surface area contributed by atoms with Gasteiger partial charge in [0.2, 0.25) is 0 Å². The molecular formula is C4H10FO2P. The van der Waals surface area contributed by atoms with Crippen LogP contribution in [0.1, 0.15) is 20.3 Å². The highest BCUT2D eigenvalue weighted by Gasteiger charge is 2.00. The van der Waals surface area contributed by atoms with Gasteiger partial charge in [-0.2, -0.15) is 4.20 Å². The average molecular weight is 140 g/mol. The Morgan fingerprint density at radius 2 is 2.38 bits per heavy atom. The normalized spacial score (nSPS) is 17.9. The van der Waals surface area contributed by atoms with Gasteiger partial charge in [-0.05, 0) is 13.3 Å². The van der Waals surface area contributed by atoms with Crippen molar-refractivity contribution in [3.63, 3.8) is 0 Å². The molecule has 0 saturated carbocycles. The van der Waals surface area contributed by atoms with Gasteiger partial charge in [-0.15, -0.1) is 0 Å². The van der Waals surface area contributed by atoms with E-state index in [0.717, 1.165) is 0 Å². The summed E-state index contributed by atoms with van der Waals surface area (Å²) < 4.78 is 25.5. The van der Waals surface area contributed by atoms with Gasteiger partial charge >= 0.3 is 8.34 Å². The number of hydrogen-bond donors (Lipinski definition) is 0. The second-order valence-corrected chi connectivity index (χ2v) is 2.29. The maximum atomic E-state index is 11.5. The summed E-state index contributed by atoms with van der Waals surface area (Å²) >= 11 is 0. The van der Waals surface area contributed by atoms with Crippen LogP contribution in [0, 0.1) is 0 Å². The van der Waals surface area contributed by atoms with E-state index in [1.807, 2.05) is 6.92 Å². The standard InChI is InChI=1S/C4H10FO2P/c1-3-4(2)7-8(5)6/h4,8H,3H2,1-2H3. The van der Waals surface area contributed by atoms with Crippen LogP contribution in [-0.4, -0.2) is 6.10 Å². The zero-order chi connectivity index (χ0) is 6.57. The smallest absolute Gasteiger partial charge is 0.305 e. The van der Waals surface area contributed by atoms with E-state index >= 15 is 0 Å². The molecule has 0 aliphatic rings. The van der Waals surface area contributed by atoms with Crippen molar-refractivity contribution in [2.75, 3.05) is 0 Å². The van der Waals surface area contributed by atoms with Gasteiger partial charge in [-0.1, -0.05) is 6.92 Å². The van der Waals surface area contributed by atoms with Gasteiger partial charge in [0.05, 0.1) is 6.10 Å². The van der Waals surface area contributed by atoms with Crippen LogP contribution in [0.3, 0.4) is 0 Å². The van der Waals surface area contributed by atoms with Gasteiger partial charge in [0.15, 0.2) is 0 Å². The number of halogens is 1. The Kier molecular flexibility index (Phi) is 4.11. The Hall–Kier alpha value is 0.120. The molecule has 4 heteroatoms. The van der Waals surface area contributed by atoms with Crippen LogP contribution < -0.4 is 0 Å². The quantitative estimate of drug-likeness (QED) is 0.561. The molecule has 2 atom stereocenters. The average Bonchev–Trinajstić information content (AvgIpc) is 1.65. The Labute approximate surface area is 49.0 Å². The van der Waals surface area contributed by atoms with Gasteiger partial charge in [-0.25, -0.2) is 0 Å². The third kappa shape index (κ3) is 4.28. The van der Waals surface area contributed by atoms with E-state index in [1.165, 1.54) is 0 Å². The predicted molar refractivity (Wildman–Crippen MR) is 30.9 cm³/mol. The lowest BCUT2D eigenvalue weighted by atomic mass is 10.3. The van der Waals surface area contributed by atoms with Crippen LogP contribution in [0.4, 0.5) is 4.20 Å². The Morgan fingerprint density at radius 1 is 1.88 bits per heavy atom. The molecule has 0 N–H and O–H groups in total. The minimum absolute atomic E-state index is 0.216. The lowest BCUT2D eigenvalue weighted by molar-refractivity contribution is 0.216. The van der Waals surface area contributed by atoms with E-state index in [4.69, 9.17) is 0 Å². The zero-order valence-corrected chi connectivity index (χ0v) is 5.98. The lowest BCUT2D eigenvalue weighted by Crippen LogP contribution is -1.98. The summed E-state index contributed by atoms with van der Waals surface area (Å²) in [5, 5.41) is 0. The van der Waals surface area contributed by atoms with Crippen LogP contribution in [0.2, 0.25) is 0 Å². The van der Waals surface area contributed by atoms with Crippen molar-refractivity contribution >= 4 is 8.34 Å². The Balaban J connectivity index is 3.24. The molecule has 50 valence electrons. The molecule has 0 fully saturated rings. The van der Waals surface area contributed by atoms with Gasteiger partial charge in [-0.3, -0.25) is 4.57 Å². The van der Waals surface area contributed by atoms with Crippen molar-refractivity contribution in [1.82, 2.24) is 0 Å². The third-order valence-electron chi connectivity index (χ3n) is 0.869. The highest BCUT2D eigenvalue weighted by atomic mass is 31.2. The molecule has 0 amide bonds. The van der Waals surface area contributed by atoms with Crippen molar-refractivity contribution in [3.05, 3.63) is 0 Å². The molecule has 0 aromatic heterocycles. The van der Waals surface area contributed by atoms with E-state index in [-0.39, 0.29) is 6.10 Å². The molecule has 2 unspecified atom stereocenters. The van der Waals surface area contributed by atoms with Crippen molar-refractivity contribution in [3.8, 4) is 0 Å². The highest BCUT2D eigenvalue weighted by molar-refractivity contribution is 7.32. The summed E-state index contributed by atoms with van der Waals surface area (Å²) in [6, 6.07) is 0. The third-order valence-corrected chi connectivity index (χ3v) is 1.46. The molecule has 0 saturated heterocycles. The first kappa shape index (κ1) is 8.12. The molecule has 0 aromatic carbocycles. The molecule has 0 bridgehead atoms. The van der Waals surface area contributed by atoms with E-state index in [0.29, 0.717) is 6.42 Å². The van der Waals surface area contributed by atoms with E-state index in [1.54, 1.807) is 6.92 Å². The highest BCUT2D eigenvalue weighted by Crippen LogP contribution is 2.25. The summed E-state index contributed by atoms with van der Waals surface area (Å²) in [5.74, 6) is 0. The molecule has 0 rings (SSSR count). The van der Waals surface area contributed by atoms with Gasteiger partial charge in [0.25, 0.3) is 0 Å². The second kappa shape index (κ2) is 4.04. The first-order valence-electron chi connectivity index (χ1n) is 2.53. The Morgan fingerprint density at radius 3 is 2.50 bits per heavy atom. The topological polar surface area (TPSA) is 26.3 Å². The fraction of sp³-hybridized carbons (Fsp3) is 1.00. The predicted octanol–water partition coefficient (Wildman–Crippen LogP) is 2.16. The summed E-state index contributed by atoms with van der Waals surface area (Å²) in [7, 11) is -3.20. The first-order valence-corrected chi connectivity index (χ1v) is 3.72. The van der Waals surface area contributed by atoms with Crippen molar-refractivity contribution < 1.29 is 13.3 Å². The summed E-state index contributed by atoms with van der Waals surface area (Å²) in [6.45, 7) is 3.53. The molecule has 0 aliphatic carbocycles. The molecule has 0 radical (unpaired) electrons. The van der Waals surface area contributed by atoms with Gasteiger partial charge in [0.1, 0.15) is 0 Å². The summed E-state index contributed by atoms with van der Waals surface area (Å²) in [6.07, 6.45) is 0.478. The largest absolute Gasteiger partial charge is 0.356 e. The van der Waals surface area contributed by atoms with Crippen LogP contribution in [-0.2, 0) is 9.09 Å². The fourth-order valence-electron chi connectivity index (χ4n) is 0.242. The van der Waals surface area contributed by atoms with Gasteiger partial charge < -0.3 is 4.52 Å². The fourth-order valence-corrected chi connectivity index (χ4v) is 0.725. The van der Waals surface area contributed by atoms with Gasteiger partial charge in [0, 0.05) is 0 Å². The van der Waals surface area contributed by atoms with Crippen molar-refractivity contribution in [2.24, 2.45) is 0 Å². The maximum absolute atomic E-state index is 11.5. The molecule has 2 nitrogen and oxygen atoms in total. The maximum Gasteiger partial charge on any atom is 0.356 e. The molecule has 0 aliphatic heterocycles. The zero-order valence-electron chi connectivity index (χ0n) is 4.98. The summed E-state index contributed by atoms with van der Waals surface area (Å²) in [5.41, 5.74) is 0. The van der Waals surface area contributed by atoms with Crippen LogP contribution in [0.5, 0.6) is 0 Å². The molecular weight excluding hydrogens is 130 g/mol. The Bertz CT molecular complexity index is 86.1. The van der Waals surface area contributed by atoms with E-state index in [2.05, 4.69) is 4.52 Å². The van der Waals surface area contributed by atoms with E-state index in [9.17, 15) is 8.76 Å². The number of hydrogen-bond acceptors (Lipinski definition) is 2. The van der Waals surface area contributed by atoms with Crippen LogP contribution >= 0.6 is 8.34 Å². The lowest BCUT2D eigenvalue weighted by Gasteiger charge is -2.03. The summed E-state index contributed by atoms with van der Waals surface area (Å²) in [4.78, 5) is 0.